The molecule has 1 saturated carbocycles. The molecule has 62 heavy (non-hydrogen) atoms. The van der Waals surface area contributed by atoms with Crippen molar-refractivity contribution in [2.75, 3.05) is 99.5 Å². The first-order chi connectivity index (χ1) is 30.0. The number of halogens is 1. The van der Waals surface area contributed by atoms with Crippen LogP contribution >= 0.6 is 11.6 Å². The highest BCUT2D eigenvalue weighted by Crippen LogP contribution is 2.42. The predicted octanol–water partition coefficient (Wildman–Crippen LogP) is 8.09. The Balaban J connectivity index is 0.000000899. The zero-order valence-corrected chi connectivity index (χ0v) is 41.2. The third kappa shape index (κ3) is 17.8. The van der Waals surface area contributed by atoms with Crippen molar-refractivity contribution in [2.45, 2.75) is 105 Å². The fourth-order valence-electron chi connectivity index (χ4n) is 8.33. The number of hydrogen-bond donors (Lipinski definition) is 3. The molecule has 3 aliphatic rings. The van der Waals surface area contributed by atoms with E-state index in [1.807, 2.05) is 39.9 Å². The molecule has 2 fully saturated rings. The molecule has 3 heterocycles. The van der Waals surface area contributed by atoms with E-state index in [1.54, 1.807) is 27.3 Å². The van der Waals surface area contributed by atoms with Crippen molar-refractivity contribution in [1.29, 1.82) is 0 Å². The largest absolute Gasteiger partial charge is 0.489 e. The lowest BCUT2D eigenvalue weighted by molar-refractivity contribution is -0.0980. The molecule has 0 spiro atoms. The zero-order valence-electron chi connectivity index (χ0n) is 40.4. The number of fused-ring (bicyclic) bond motifs is 1. The Morgan fingerprint density at radius 2 is 1.77 bits per heavy atom. The summed E-state index contributed by atoms with van der Waals surface area (Å²) in [7, 11) is 8.00. The zero-order chi connectivity index (χ0) is 46.7. The van der Waals surface area contributed by atoms with Crippen molar-refractivity contribution >= 4 is 30.1 Å². The van der Waals surface area contributed by atoms with Gasteiger partial charge in [-0.2, -0.15) is 0 Å². The number of ether oxygens (including phenoxy) is 4. The lowest BCUT2D eigenvalue weighted by Gasteiger charge is -2.43. The molecule has 12 nitrogen and oxygen atoms in total. The number of carbonyl (C=O) groups excluding carboxylic acids is 2. The lowest BCUT2D eigenvalue weighted by Crippen LogP contribution is -2.55. The maximum Gasteiger partial charge on any atom is 0.269 e. The number of aromatic nitrogens is 1. The summed E-state index contributed by atoms with van der Waals surface area (Å²) in [6.07, 6.45) is 11.1. The average Bonchev–Trinajstić information content (AvgIpc) is 3.47. The molecular weight excluding hydrogens is 806 g/mol. The number of aliphatic hydroxyl groups is 1. The van der Waals surface area contributed by atoms with E-state index in [1.165, 1.54) is 11.1 Å². The number of piperazine rings is 1. The number of aryl methyl sites for hydroxylation is 1. The SMILES string of the molecule is C=O.CC.CCCc1cc(Cl)ccc1C1COc2ccc(C(=O)NC)nc2N(CC2CCC2C(/C=C/CC(C)C(C)CCOC)OC)C1.CO.COCC(C)(C)N1CCNCC1. The number of nitrogens with zero attached hydrogens (tertiary/aromatic N) is 3. The molecule has 3 N–H and O–H groups in total. The van der Waals surface area contributed by atoms with E-state index >= 15 is 0 Å². The molecule has 6 atom stereocenters. The highest BCUT2D eigenvalue weighted by Gasteiger charge is 2.39. The van der Waals surface area contributed by atoms with Crippen LogP contribution in [0.1, 0.15) is 108 Å². The van der Waals surface area contributed by atoms with Crippen LogP contribution < -0.4 is 20.3 Å². The van der Waals surface area contributed by atoms with Crippen molar-refractivity contribution in [3.8, 4) is 5.75 Å². The number of anilines is 1. The van der Waals surface area contributed by atoms with Gasteiger partial charge in [0.25, 0.3) is 5.91 Å². The number of aliphatic hydroxyl groups excluding tert-OH is 1. The van der Waals surface area contributed by atoms with Crippen molar-refractivity contribution in [3.05, 3.63) is 64.3 Å². The number of hydrogen-bond acceptors (Lipinski definition) is 11. The number of nitrogens with one attached hydrogen (secondary N) is 2. The van der Waals surface area contributed by atoms with Gasteiger partial charge in [-0.15, -0.1) is 0 Å². The number of carbonyl (C=O) groups is 2. The Morgan fingerprint density at radius 1 is 1.08 bits per heavy atom. The predicted molar refractivity (Wildman–Crippen MR) is 256 cm³/mol. The molecule has 2 aliphatic heterocycles. The average molecular weight is 891 g/mol. The molecule has 1 aromatic heterocycles. The molecule has 6 unspecified atom stereocenters. The van der Waals surface area contributed by atoms with Crippen LogP contribution in [0.15, 0.2) is 42.5 Å². The second kappa shape index (κ2) is 31.7. The summed E-state index contributed by atoms with van der Waals surface area (Å²) in [5.41, 5.74) is 3.14. The molecule has 2 aromatic rings. The molecule has 1 saturated heterocycles. The fourth-order valence-corrected chi connectivity index (χ4v) is 8.52. The van der Waals surface area contributed by atoms with E-state index in [9.17, 15) is 4.79 Å². The van der Waals surface area contributed by atoms with E-state index in [0.717, 1.165) is 115 Å². The van der Waals surface area contributed by atoms with Crippen molar-refractivity contribution in [3.63, 3.8) is 0 Å². The van der Waals surface area contributed by atoms with Crippen molar-refractivity contribution in [1.82, 2.24) is 20.5 Å². The highest BCUT2D eigenvalue weighted by atomic mass is 35.5. The van der Waals surface area contributed by atoms with E-state index in [0.29, 0.717) is 36.0 Å². The fraction of sp³-hybridized carbons (Fsp3) is 0.694. The van der Waals surface area contributed by atoms with Gasteiger partial charge in [-0.25, -0.2) is 4.98 Å². The van der Waals surface area contributed by atoms with Gasteiger partial charge in [0.1, 0.15) is 12.5 Å². The Bertz CT molecular complexity index is 1540. The quantitative estimate of drug-likeness (QED) is 0.126. The molecule has 1 aromatic carbocycles. The second-order valence-electron chi connectivity index (χ2n) is 16.7. The normalized spacial score (nSPS) is 20.0. The molecule has 1 amide bonds. The Kier molecular flexibility index (Phi) is 29.1. The Hall–Kier alpha value is -3.10. The summed E-state index contributed by atoms with van der Waals surface area (Å²) in [6.45, 7) is 25.5. The van der Waals surface area contributed by atoms with Gasteiger partial charge in [0.05, 0.1) is 19.3 Å². The summed E-state index contributed by atoms with van der Waals surface area (Å²) >= 11 is 6.42. The molecule has 1 aliphatic carbocycles. The number of amides is 1. The summed E-state index contributed by atoms with van der Waals surface area (Å²) in [5, 5.41) is 13.8. The van der Waals surface area contributed by atoms with Gasteiger partial charge >= 0.3 is 0 Å². The number of allylic oxidation sites excluding steroid dienone is 1. The third-order valence-electron chi connectivity index (χ3n) is 12.2. The lowest BCUT2D eigenvalue weighted by atomic mass is 9.70. The smallest absolute Gasteiger partial charge is 0.269 e. The maximum atomic E-state index is 12.6. The van der Waals surface area contributed by atoms with Crippen LogP contribution in [0.2, 0.25) is 5.02 Å². The number of methoxy groups -OCH3 is 3. The van der Waals surface area contributed by atoms with Gasteiger partial charge in [0.2, 0.25) is 0 Å². The van der Waals surface area contributed by atoms with Gasteiger partial charge < -0.3 is 44.4 Å². The van der Waals surface area contributed by atoms with Crippen LogP contribution in [-0.4, -0.2) is 134 Å². The van der Waals surface area contributed by atoms with Crippen LogP contribution in [0.4, 0.5) is 5.82 Å². The van der Waals surface area contributed by atoms with Crippen molar-refractivity contribution < 1.29 is 33.6 Å². The van der Waals surface area contributed by atoms with E-state index in [4.69, 9.17) is 45.4 Å². The highest BCUT2D eigenvalue weighted by molar-refractivity contribution is 6.30. The van der Waals surface area contributed by atoms with Crippen LogP contribution in [0.25, 0.3) is 0 Å². The van der Waals surface area contributed by atoms with Crippen LogP contribution in [-0.2, 0) is 25.4 Å². The molecule has 0 radical (unpaired) electrons. The minimum atomic E-state index is -0.201. The Labute approximate surface area is 380 Å². The van der Waals surface area contributed by atoms with Crippen LogP contribution in [0, 0.1) is 23.7 Å². The monoisotopic (exact) mass is 890 g/mol. The number of pyridine rings is 1. The Morgan fingerprint density at radius 3 is 2.35 bits per heavy atom. The molecule has 5 rings (SSSR count). The van der Waals surface area contributed by atoms with Crippen LogP contribution in [0.5, 0.6) is 5.75 Å². The van der Waals surface area contributed by atoms with Crippen LogP contribution in [0.3, 0.4) is 0 Å². The minimum absolute atomic E-state index is 0.0753. The molecule has 13 heteroatoms. The molecule has 354 valence electrons. The summed E-state index contributed by atoms with van der Waals surface area (Å²) in [5.74, 6) is 3.49. The van der Waals surface area contributed by atoms with E-state index in [-0.39, 0.29) is 23.5 Å². The summed E-state index contributed by atoms with van der Waals surface area (Å²) in [6, 6.07) is 9.88. The van der Waals surface area contributed by atoms with E-state index < -0.39 is 0 Å². The number of benzene rings is 1. The van der Waals surface area contributed by atoms with Crippen molar-refractivity contribution in [2.24, 2.45) is 23.7 Å². The maximum absolute atomic E-state index is 12.6. The minimum Gasteiger partial charge on any atom is -0.489 e. The standard InChI is InChI=1S/C36H52ClN3O4.C9H20N2O.C2H6.CH4O.CH2O/c1-7-9-26-20-29(37)13-15-30(26)28-22-40(35-34(44-23-28)17-16-32(39-35)36(41)38-4)21-27-12-14-31(27)33(43-6)11-8-10-24(2)25(3)18-19-42-5;1-9(2,8-12-3)11-6-4-10-5-7-11;3*1-2/h8,11,13,15-17,20,24-25,27-28,31,33H,7,9-10,12,14,18-19,21-23H2,1-6H3,(H,38,41);10H,4-8H2,1-3H3;1-2H3;2H,1H3;1H2/b11-8+;;;;. The van der Waals surface area contributed by atoms with Gasteiger partial charge in [0, 0.05) is 97.8 Å². The summed E-state index contributed by atoms with van der Waals surface area (Å²) in [4.78, 5) is 30.2. The van der Waals surface area contributed by atoms with Gasteiger partial charge in [-0.1, -0.05) is 70.9 Å². The van der Waals surface area contributed by atoms with Gasteiger partial charge in [-0.05, 0) is 105 Å². The summed E-state index contributed by atoms with van der Waals surface area (Å²) < 4.78 is 22.9. The van der Waals surface area contributed by atoms with Gasteiger partial charge in [-0.3, -0.25) is 9.69 Å². The first-order valence-corrected chi connectivity index (χ1v) is 23.1. The topological polar surface area (TPSA) is 135 Å². The molecular formula is C49H84ClN5O7. The van der Waals surface area contributed by atoms with E-state index in [2.05, 4.69) is 79.3 Å². The second-order valence-corrected chi connectivity index (χ2v) is 17.1. The van der Waals surface area contributed by atoms with Gasteiger partial charge in [0.15, 0.2) is 11.6 Å². The third-order valence-corrected chi connectivity index (χ3v) is 12.5. The number of rotatable bonds is 18. The first kappa shape index (κ1) is 56.9. The first-order valence-electron chi connectivity index (χ1n) is 22.7. The molecule has 0 bridgehead atoms.